The van der Waals surface area contributed by atoms with Gasteiger partial charge in [0.1, 0.15) is 17.3 Å². The lowest BCUT2D eigenvalue weighted by atomic mass is 10.1. The third kappa shape index (κ3) is 4.06. The number of aromatic nitrogens is 5. The zero-order valence-electron chi connectivity index (χ0n) is 17.5. The number of aromatic hydroxyl groups is 1. The van der Waals surface area contributed by atoms with E-state index in [4.69, 9.17) is 16.6 Å². The van der Waals surface area contributed by atoms with E-state index in [2.05, 4.69) is 31.4 Å². The summed E-state index contributed by atoms with van der Waals surface area (Å²) in [7, 11) is 0. The van der Waals surface area contributed by atoms with Gasteiger partial charge >= 0.3 is 5.69 Å². The zero-order valence-corrected chi connectivity index (χ0v) is 18.3. The first-order valence-electron chi connectivity index (χ1n) is 10.3. The van der Waals surface area contributed by atoms with E-state index >= 15 is 0 Å². The van der Waals surface area contributed by atoms with E-state index in [0.717, 1.165) is 18.4 Å². The Hall–Kier alpha value is -4.10. The van der Waals surface area contributed by atoms with Crippen molar-refractivity contribution in [3.8, 4) is 11.9 Å². The maximum absolute atomic E-state index is 11.5. The second-order valence-electron chi connectivity index (χ2n) is 7.87. The van der Waals surface area contributed by atoms with Crippen LogP contribution < -0.4 is 21.7 Å². The number of H-pyrrole nitrogens is 2. The molecular weight excluding hydrogens is 444 g/mol. The molecule has 1 aliphatic carbocycles. The maximum Gasteiger partial charge on any atom is 0.326 e. The van der Waals surface area contributed by atoms with Gasteiger partial charge in [-0.25, -0.2) is 9.78 Å². The number of nitrogens with zero attached hydrogens (tertiary/aromatic N) is 5. The maximum atomic E-state index is 11.5. The van der Waals surface area contributed by atoms with Gasteiger partial charge in [0.15, 0.2) is 17.0 Å². The summed E-state index contributed by atoms with van der Waals surface area (Å²) in [6, 6.07) is 9.61. The quantitative estimate of drug-likeness (QED) is 0.355. The van der Waals surface area contributed by atoms with E-state index in [1.807, 2.05) is 25.1 Å². The van der Waals surface area contributed by atoms with Crippen LogP contribution in [0.1, 0.15) is 42.6 Å². The lowest BCUT2D eigenvalue weighted by Gasteiger charge is -2.16. The van der Waals surface area contributed by atoms with Crippen LogP contribution in [0.25, 0.3) is 11.7 Å². The molecule has 1 atom stereocenters. The highest BCUT2D eigenvalue weighted by atomic mass is 35.5. The van der Waals surface area contributed by atoms with Crippen molar-refractivity contribution in [3.05, 3.63) is 73.5 Å². The first-order chi connectivity index (χ1) is 15.9. The Labute approximate surface area is 191 Å². The van der Waals surface area contributed by atoms with Crippen LogP contribution in [0.5, 0.6) is 5.88 Å². The molecule has 1 unspecified atom stereocenters. The number of hydrogen-bond donors (Lipinski definition) is 4. The molecule has 4 N–H and O–H groups in total. The van der Waals surface area contributed by atoms with Gasteiger partial charge in [-0.15, -0.1) is 0 Å². The molecule has 4 aromatic rings. The van der Waals surface area contributed by atoms with Crippen molar-refractivity contribution in [2.24, 2.45) is 4.99 Å². The summed E-state index contributed by atoms with van der Waals surface area (Å²) < 4.78 is 1.51. The average Bonchev–Trinajstić information content (AvgIpc) is 3.43. The van der Waals surface area contributed by atoms with Gasteiger partial charge in [-0.1, -0.05) is 23.7 Å². The zero-order chi connectivity index (χ0) is 23.1. The average molecular weight is 463 g/mol. The number of benzene rings is 1. The van der Waals surface area contributed by atoms with Gasteiger partial charge in [-0.2, -0.15) is 14.9 Å². The summed E-state index contributed by atoms with van der Waals surface area (Å²) in [6.07, 6.45) is 5.01. The van der Waals surface area contributed by atoms with Crippen molar-refractivity contribution in [1.82, 2.24) is 24.6 Å². The number of fused-ring (bicyclic) bond motifs is 1. The van der Waals surface area contributed by atoms with Crippen LogP contribution in [0.3, 0.4) is 0 Å². The van der Waals surface area contributed by atoms with Gasteiger partial charge in [0.2, 0.25) is 5.88 Å². The number of hydrogen-bond acceptors (Lipinski definition) is 7. The summed E-state index contributed by atoms with van der Waals surface area (Å²) in [5, 5.41) is 28.7. The Balaban J connectivity index is 1.70. The van der Waals surface area contributed by atoms with Crippen LogP contribution in [0.15, 0.2) is 40.2 Å². The van der Waals surface area contributed by atoms with Crippen molar-refractivity contribution in [3.63, 3.8) is 0 Å². The summed E-state index contributed by atoms with van der Waals surface area (Å²) in [5.74, 6) is 0.0719. The Morgan fingerprint density at radius 1 is 1.42 bits per heavy atom. The fourth-order valence-electron chi connectivity index (χ4n) is 3.51. The summed E-state index contributed by atoms with van der Waals surface area (Å²) in [5.41, 5.74) is 1.73. The van der Waals surface area contributed by atoms with E-state index in [0.29, 0.717) is 27.2 Å². The normalized spacial score (nSPS) is 15.7. The lowest BCUT2D eigenvalue weighted by molar-refractivity contribution is 0.454. The van der Waals surface area contributed by atoms with Crippen LogP contribution in [0.4, 0.5) is 5.82 Å². The molecule has 33 heavy (non-hydrogen) atoms. The van der Waals surface area contributed by atoms with Crippen LogP contribution in [0.2, 0.25) is 5.02 Å². The van der Waals surface area contributed by atoms with Crippen molar-refractivity contribution in [2.75, 3.05) is 5.32 Å². The van der Waals surface area contributed by atoms with E-state index in [1.165, 1.54) is 4.52 Å². The van der Waals surface area contributed by atoms with E-state index in [1.54, 1.807) is 18.3 Å². The predicted molar refractivity (Wildman–Crippen MR) is 122 cm³/mol. The molecule has 3 aromatic heterocycles. The van der Waals surface area contributed by atoms with Crippen LogP contribution in [-0.2, 0) is 0 Å². The number of halogens is 1. The molecule has 0 bridgehead atoms. The highest BCUT2D eigenvalue weighted by Crippen LogP contribution is 2.24. The second-order valence-corrected chi connectivity index (χ2v) is 8.31. The molecule has 0 saturated heterocycles. The highest BCUT2D eigenvalue weighted by molar-refractivity contribution is 6.30. The minimum absolute atomic E-state index is 0.141. The molecule has 1 saturated carbocycles. The topological polar surface area (TPSA) is 147 Å². The number of anilines is 1. The van der Waals surface area contributed by atoms with E-state index < -0.39 is 5.69 Å². The SMILES string of the molecule is CC(Nc1nc2c(=Cc3[nH]c(=O)[nH]c3O)cnn2c(=NC2CC2)c1C#N)c1cccc(Cl)c1. The third-order valence-corrected chi connectivity index (χ3v) is 5.59. The number of nitriles is 1. The minimum atomic E-state index is -0.530. The molecule has 10 nitrogen and oxygen atoms in total. The molecule has 0 radical (unpaired) electrons. The number of imidazole rings is 1. The molecule has 1 fully saturated rings. The molecule has 0 spiro atoms. The van der Waals surface area contributed by atoms with Crippen molar-refractivity contribution in [2.45, 2.75) is 31.8 Å². The molecule has 1 aromatic carbocycles. The molecule has 11 heteroatoms. The largest absolute Gasteiger partial charge is 0.493 e. The fraction of sp³-hybridized carbons (Fsp3) is 0.227. The smallest absolute Gasteiger partial charge is 0.326 e. The standard InChI is InChI=1S/C22H19ClN8O2/c1-11(12-3-2-4-14(23)7-12)26-18-16(9-24)20(27-15-5-6-15)31-19(29-18)13(10-25-31)8-17-21(32)30-22(33)28-17/h2-4,7-8,10-11,15,26,32H,5-6H2,1H3,(H2,28,30,33). The van der Waals surface area contributed by atoms with Gasteiger partial charge < -0.3 is 15.4 Å². The number of rotatable bonds is 5. The molecule has 0 amide bonds. The molecular formula is C22H19ClN8O2. The summed E-state index contributed by atoms with van der Waals surface area (Å²) >= 11 is 6.14. The number of aromatic amines is 2. The van der Waals surface area contributed by atoms with Gasteiger partial charge in [-0.3, -0.25) is 9.98 Å². The van der Waals surface area contributed by atoms with Gasteiger partial charge in [0, 0.05) is 10.2 Å². The van der Waals surface area contributed by atoms with Crippen LogP contribution in [0, 0.1) is 11.3 Å². The van der Waals surface area contributed by atoms with Crippen molar-refractivity contribution < 1.29 is 5.11 Å². The van der Waals surface area contributed by atoms with E-state index in [9.17, 15) is 15.2 Å². The summed E-state index contributed by atoms with van der Waals surface area (Å²) in [6.45, 7) is 1.95. The first kappa shape index (κ1) is 20.8. The molecule has 1 aliphatic rings. The molecule has 0 aliphatic heterocycles. The van der Waals surface area contributed by atoms with Gasteiger partial charge in [0.05, 0.1) is 18.3 Å². The molecule has 5 rings (SSSR count). The monoisotopic (exact) mass is 462 g/mol. The summed E-state index contributed by atoms with van der Waals surface area (Å²) in [4.78, 5) is 25.7. The Kier molecular flexibility index (Phi) is 5.11. The van der Waals surface area contributed by atoms with Gasteiger partial charge in [0.25, 0.3) is 0 Å². The minimum Gasteiger partial charge on any atom is -0.493 e. The second kappa shape index (κ2) is 8.11. The fourth-order valence-corrected chi connectivity index (χ4v) is 3.71. The van der Waals surface area contributed by atoms with Crippen LogP contribution >= 0.6 is 11.6 Å². The van der Waals surface area contributed by atoms with Crippen molar-refractivity contribution in [1.29, 1.82) is 5.26 Å². The van der Waals surface area contributed by atoms with Gasteiger partial charge in [-0.05, 0) is 43.5 Å². The molecule has 3 heterocycles. The highest BCUT2D eigenvalue weighted by Gasteiger charge is 2.23. The van der Waals surface area contributed by atoms with E-state index in [-0.39, 0.29) is 29.2 Å². The first-order valence-corrected chi connectivity index (χ1v) is 10.7. The van der Waals surface area contributed by atoms with Crippen molar-refractivity contribution >= 4 is 29.1 Å². The third-order valence-electron chi connectivity index (χ3n) is 5.35. The lowest BCUT2D eigenvalue weighted by Crippen LogP contribution is -2.25. The Morgan fingerprint density at radius 3 is 2.91 bits per heavy atom. The van der Waals surface area contributed by atoms with Crippen LogP contribution in [-0.4, -0.2) is 35.7 Å². The Morgan fingerprint density at radius 2 is 2.24 bits per heavy atom. The predicted octanol–water partition coefficient (Wildman–Crippen LogP) is 1.76. The Bertz CT molecular complexity index is 1590. The number of nitrogens with one attached hydrogen (secondary N) is 3. The molecule has 166 valence electrons.